The molecule has 4 aromatic carbocycles. The third-order valence-corrected chi connectivity index (χ3v) is 10.6. The fourth-order valence-electron chi connectivity index (χ4n) is 4.59. The maximum absolute atomic E-state index is 13.4. The number of hydrogen-bond acceptors (Lipinski definition) is 2. The molecule has 0 amide bonds. The van der Waals surface area contributed by atoms with Crippen LogP contribution in [0.3, 0.4) is 0 Å². The van der Waals surface area contributed by atoms with E-state index in [0.717, 1.165) is 21.3 Å². The summed E-state index contributed by atoms with van der Waals surface area (Å²) in [6.45, 7) is 2.01. The summed E-state index contributed by atoms with van der Waals surface area (Å²) in [4.78, 5) is 0.736. The molecular formula is C36H31FeO2PS+2. The number of aryl methyl sites for hydroxylation is 1. The van der Waals surface area contributed by atoms with Gasteiger partial charge in [-0.25, -0.2) is 0 Å². The van der Waals surface area contributed by atoms with Crippen molar-refractivity contribution in [3.8, 4) is 0 Å². The van der Waals surface area contributed by atoms with E-state index < -0.39 is 24.8 Å². The molecule has 10 radical (unpaired) electrons. The molecule has 41 heavy (non-hydrogen) atoms. The van der Waals surface area contributed by atoms with Crippen LogP contribution in [0.5, 0.6) is 0 Å². The maximum atomic E-state index is 13.4. The van der Waals surface area contributed by atoms with Crippen LogP contribution in [0.25, 0.3) is 0 Å². The van der Waals surface area contributed by atoms with Crippen molar-refractivity contribution in [1.82, 2.24) is 0 Å². The molecule has 2 atom stereocenters. The Hall–Kier alpha value is -2.06. The van der Waals surface area contributed by atoms with Crippen LogP contribution in [0.15, 0.2) is 114 Å². The molecule has 0 heterocycles. The summed E-state index contributed by atoms with van der Waals surface area (Å²) in [6, 6.07) is 36.7. The number of hydrogen-bond donors (Lipinski definition) is 1. The quantitative estimate of drug-likeness (QED) is 0.195. The Morgan fingerprint density at radius 1 is 0.634 bits per heavy atom. The van der Waals surface area contributed by atoms with E-state index >= 15 is 0 Å². The second-order valence-corrected chi connectivity index (χ2v) is 13.0. The zero-order valence-electron chi connectivity index (χ0n) is 22.7. The minimum Gasteiger partial charge on any atom is -0.388 e. The van der Waals surface area contributed by atoms with Gasteiger partial charge in [-0.2, -0.15) is 0 Å². The second kappa shape index (κ2) is 16.0. The molecule has 6 rings (SSSR count). The normalized spacial score (nSPS) is 17.0. The van der Waals surface area contributed by atoms with Crippen molar-refractivity contribution in [3.05, 3.63) is 183 Å². The Kier molecular flexibility index (Phi) is 12.4. The second-order valence-electron chi connectivity index (χ2n) is 9.36. The fraction of sp³-hybridized carbons (Fsp3) is 0.0556. The Morgan fingerprint density at radius 2 is 1.15 bits per heavy atom. The van der Waals surface area contributed by atoms with Gasteiger partial charge >= 0.3 is 17.1 Å². The van der Waals surface area contributed by atoms with Crippen LogP contribution in [0, 0.1) is 69.5 Å². The Labute approximate surface area is 260 Å². The molecule has 0 spiro atoms. The molecule has 2 saturated carbocycles. The first-order chi connectivity index (χ1) is 19.6. The summed E-state index contributed by atoms with van der Waals surface area (Å²) >= 11 is 0. The summed E-state index contributed by atoms with van der Waals surface area (Å²) in [5.74, 6) is 0.687. The van der Waals surface area contributed by atoms with Crippen molar-refractivity contribution in [2.45, 2.75) is 17.9 Å². The van der Waals surface area contributed by atoms with E-state index in [2.05, 4.69) is 54.6 Å². The molecule has 0 bridgehead atoms. The minimum absolute atomic E-state index is 0. The molecule has 1 N–H and O–H groups in total. The van der Waals surface area contributed by atoms with Crippen LogP contribution in [-0.2, 0) is 27.9 Å². The standard InChI is InChI=1S/C31H26O2PS.C5H5.Fe/c1-23-19-21-26(22-20-23)35(33)30-18-10-16-28(30)31(32)27-15-8-9-17-29(27)34(24-11-4-2-5-12-24)25-13-6-3-7-14-25;1-2-4-5-3-1;/h2-22,31-32H,1H3;1-5H;/q;;+2/t31-,35+;;/m1../s1. The Balaban J connectivity index is 0.000000584. The van der Waals surface area contributed by atoms with E-state index in [1.807, 2.05) is 113 Å². The molecule has 2 fully saturated rings. The van der Waals surface area contributed by atoms with Crippen LogP contribution in [-0.4, -0.2) is 9.32 Å². The molecule has 4 aromatic rings. The van der Waals surface area contributed by atoms with Gasteiger partial charge < -0.3 is 5.11 Å². The van der Waals surface area contributed by atoms with Gasteiger partial charge in [0.05, 0.1) is 22.2 Å². The first-order valence-corrected chi connectivity index (χ1v) is 15.7. The topological polar surface area (TPSA) is 37.3 Å². The largest absolute Gasteiger partial charge is 2.00 e. The minimum atomic E-state index is -1.37. The van der Waals surface area contributed by atoms with Crippen molar-refractivity contribution in [3.63, 3.8) is 0 Å². The summed E-state index contributed by atoms with van der Waals surface area (Å²) in [5.41, 5.74) is 1.97. The predicted molar refractivity (Wildman–Crippen MR) is 169 cm³/mol. The van der Waals surface area contributed by atoms with Crippen molar-refractivity contribution >= 4 is 34.6 Å². The zero-order valence-corrected chi connectivity index (χ0v) is 25.5. The molecular weight excluding hydrogens is 583 g/mol. The van der Waals surface area contributed by atoms with E-state index in [1.165, 1.54) is 10.6 Å². The average molecular weight is 615 g/mol. The first kappa shape index (κ1) is 31.9. The Morgan fingerprint density at radius 3 is 1.71 bits per heavy atom. The molecule has 0 unspecified atom stereocenters. The van der Waals surface area contributed by atoms with Gasteiger partial charge in [0.15, 0.2) is 0 Å². The summed E-state index contributed by atoms with van der Waals surface area (Å²) in [7, 11) is -2.26. The first-order valence-electron chi connectivity index (χ1n) is 13.2. The smallest absolute Gasteiger partial charge is 0.388 e. The SMILES string of the molecule is Cc1ccc([S@](=O)[C]2[CH][CH][CH][C]2[C@H](O)c2ccccc2P(c2ccccc2)c2ccccc2)cc1.[CH]1[CH][CH][CH][CH]1.[Fe+2]. The molecule has 204 valence electrons. The number of aliphatic hydroxyl groups is 1. The zero-order chi connectivity index (χ0) is 27.7. The predicted octanol–water partition coefficient (Wildman–Crippen LogP) is 6.35. The van der Waals surface area contributed by atoms with Crippen LogP contribution in [0.1, 0.15) is 17.2 Å². The summed E-state index contributed by atoms with van der Waals surface area (Å²) < 4.78 is 13.4. The van der Waals surface area contributed by atoms with E-state index in [0.29, 0.717) is 11.2 Å². The molecule has 5 heteroatoms. The molecule has 0 aromatic heterocycles. The number of rotatable bonds is 7. The number of benzene rings is 4. The molecule has 2 nitrogen and oxygen atoms in total. The summed E-state index contributed by atoms with van der Waals surface area (Å²) in [6.07, 6.45) is 14.7. The third-order valence-electron chi connectivity index (χ3n) is 6.59. The van der Waals surface area contributed by atoms with Crippen molar-refractivity contribution in [1.29, 1.82) is 0 Å². The van der Waals surface area contributed by atoms with Gasteiger partial charge in [-0.1, -0.05) is 103 Å². The van der Waals surface area contributed by atoms with E-state index in [9.17, 15) is 9.32 Å². The van der Waals surface area contributed by atoms with Gasteiger partial charge in [0, 0.05) is 10.8 Å². The van der Waals surface area contributed by atoms with Gasteiger partial charge in [-0.3, -0.25) is 4.21 Å². The van der Waals surface area contributed by atoms with Crippen LogP contribution in [0.4, 0.5) is 0 Å². The molecule has 0 aliphatic heterocycles. The van der Waals surface area contributed by atoms with Crippen molar-refractivity contribution in [2.75, 3.05) is 0 Å². The van der Waals surface area contributed by atoms with Crippen molar-refractivity contribution in [2.24, 2.45) is 0 Å². The number of aliphatic hydroxyl groups excluding tert-OH is 1. The maximum Gasteiger partial charge on any atom is 2.00 e. The Bertz CT molecular complexity index is 1310. The van der Waals surface area contributed by atoms with E-state index in [1.54, 1.807) is 0 Å². The van der Waals surface area contributed by atoms with Crippen molar-refractivity contribution < 1.29 is 26.4 Å². The fourth-order valence-corrected chi connectivity index (χ4v) is 8.31. The third kappa shape index (κ3) is 8.07. The van der Waals surface area contributed by atoms with Gasteiger partial charge in [0.1, 0.15) is 0 Å². The molecule has 2 aliphatic rings. The summed E-state index contributed by atoms with van der Waals surface area (Å²) in [5, 5.41) is 15.9. The van der Waals surface area contributed by atoms with Crippen LogP contribution in [0.2, 0.25) is 0 Å². The molecule has 0 saturated heterocycles. The van der Waals surface area contributed by atoms with Gasteiger partial charge in [-0.05, 0) is 99.8 Å². The van der Waals surface area contributed by atoms with Gasteiger partial charge in [-0.15, -0.1) is 0 Å². The van der Waals surface area contributed by atoms with Crippen LogP contribution >= 0.6 is 7.92 Å². The van der Waals surface area contributed by atoms with Crippen LogP contribution < -0.4 is 15.9 Å². The van der Waals surface area contributed by atoms with E-state index in [4.69, 9.17) is 0 Å². The van der Waals surface area contributed by atoms with Gasteiger partial charge in [0.2, 0.25) is 0 Å². The average Bonchev–Trinajstić information content (AvgIpc) is 3.75. The molecule has 2 aliphatic carbocycles. The monoisotopic (exact) mass is 614 g/mol. The van der Waals surface area contributed by atoms with Gasteiger partial charge in [0.25, 0.3) is 0 Å². The van der Waals surface area contributed by atoms with E-state index in [-0.39, 0.29) is 17.1 Å².